The van der Waals surface area contributed by atoms with Gasteiger partial charge in [0.2, 0.25) is 5.71 Å². The first-order chi connectivity index (χ1) is 10.2. The van der Waals surface area contributed by atoms with Gasteiger partial charge in [-0.3, -0.25) is 10.2 Å². The first-order valence-electron chi connectivity index (χ1n) is 5.82. The van der Waals surface area contributed by atoms with Crippen LogP contribution in [0.15, 0.2) is 46.9 Å². The summed E-state index contributed by atoms with van der Waals surface area (Å²) in [6, 6.07) is 13.6. The van der Waals surface area contributed by atoms with Crippen molar-refractivity contribution >= 4 is 34.3 Å². The largest absolute Gasteiger partial charge is 0.321 e. The molecule has 0 saturated heterocycles. The van der Waals surface area contributed by atoms with Crippen LogP contribution in [-0.2, 0) is 0 Å². The highest BCUT2D eigenvalue weighted by atomic mass is 32.1. The van der Waals surface area contributed by atoms with Crippen LogP contribution in [0.2, 0.25) is 0 Å². The van der Waals surface area contributed by atoms with Crippen molar-refractivity contribution in [3.05, 3.63) is 46.7 Å². The Morgan fingerprint density at radius 3 is 2.57 bits per heavy atom. The van der Waals surface area contributed by atoms with Crippen molar-refractivity contribution in [3.8, 4) is 12.1 Å². The number of hydrogen-bond acceptors (Lipinski definition) is 6. The van der Waals surface area contributed by atoms with E-state index in [0.29, 0.717) is 16.3 Å². The number of nitriles is 2. The monoisotopic (exact) mass is 295 g/mol. The molecule has 1 heterocycles. The summed E-state index contributed by atoms with van der Waals surface area (Å²) in [4.78, 5) is 12.5. The molecule has 0 aliphatic heterocycles. The second-order valence-electron chi connectivity index (χ2n) is 3.81. The predicted octanol–water partition coefficient (Wildman–Crippen LogP) is 2.82. The Morgan fingerprint density at radius 1 is 1.14 bits per heavy atom. The molecular weight excluding hydrogens is 286 g/mol. The minimum absolute atomic E-state index is 0.194. The van der Waals surface area contributed by atoms with Crippen molar-refractivity contribution in [2.75, 3.05) is 10.7 Å². The third-order valence-electron chi connectivity index (χ3n) is 2.37. The lowest BCUT2D eigenvalue weighted by Gasteiger charge is -2.06. The third kappa shape index (κ3) is 3.90. The van der Waals surface area contributed by atoms with E-state index in [4.69, 9.17) is 10.5 Å². The van der Waals surface area contributed by atoms with E-state index in [1.807, 2.05) is 5.38 Å². The number of nitrogens with one attached hydrogen (secondary N) is 2. The van der Waals surface area contributed by atoms with Crippen LogP contribution in [0.25, 0.3) is 0 Å². The number of rotatable bonds is 4. The van der Waals surface area contributed by atoms with Crippen molar-refractivity contribution in [3.63, 3.8) is 0 Å². The lowest BCUT2D eigenvalue weighted by Crippen LogP contribution is -2.10. The number of anilines is 2. The first-order valence-corrected chi connectivity index (χ1v) is 6.69. The van der Waals surface area contributed by atoms with E-state index < -0.39 is 0 Å². The summed E-state index contributed by atoms with van der Waals surface area (Å²) in [6.07, 6.45) is 0. The molecule has 2 N–H and O–H groups in total. The Labute approximate surface area is 125 Å². The molecule has 0 fully saturated rings. The summed E-state index contributed by atoms with van der Waals surface area (Å²) >= 11 is 1.35. The normalized spacial score (nSPS) is 9.05. The summed E-state index contributed by atoms with van der Waals surface area (Å²) in [5, 5.41) is 25.4. The van der Waals surface area contributed by atoms with Crippen LogP contribution in [0.1, 0.15) is 9.67 Å². The summed E-state index contributed by atoms with van der Waals surface area (Å²) in [7, 11) is 0. The number of carbonyl (C=O) groups excluding carboxylic acids is 1. The third-order valence-corrected chi connectivity index (χ3v) is 3.24. The highest BCUT2D eigenvalue weighted by Crippen LogP contribution is 2.17. The molecule has 0 spiro atoms. The molecule has 2 aromatic rings. The number of hydrazone groups is 1. The second kappa shape index (κ2) is 6.85. The van der Waals surface area contributed by atoms with Crippen molar-refractivity contribution < 1.29 is 4.79 Å². The average molecular weight is 295 g/mol. The van der Waals surface area contributed by atoms with Crippen LogP contribution in [0.3, 0.4) is 0 Å². The maximum absolute atomic E-state index is 11.9. The van der Waals surface area contributed by atoms with E-state index in [0.717, 1.165) is 0 Å². The Morgan fingerprint density at radius 2 is 1.90 bits per heavy atom. The van der Waals surface area contributed by atoms with Crippen LogP contribution in [0, 0.1) is 22.7 Å². The quantitative estimate of drug-likeness (QED) is 0.669. The van der Waals surface area contributed by atoms with E-state index in [1.54, 1.807) is 48.5 Å². The van der Waals surface area contributed by atoms with E-state index in [9.17, 15) is 4.79 Å². The van der Waals surface area contributed by atoms with Crippen LogP contribution >= 0.6 is 11.3 Å². The fraction of sp³-hybridized carbons (Fsp3) is 0. The number of carbonyl (C=O) groups is 1. The summed E-state index contributed by atoms with van der Waals surface area (Å²) in [5.74, 6) is -0.194. The lowest BCUT2D eigenvalue weighted by atomic mass is 10.3. The molecule has 0 atom stereocenters. The topological polar surface area (TPSA) is 101 Å². The van der Waals surface area contributed by atoms with Gasteiger partial charge in [-0.05, 0) is 29.6 Å². The van der Waals surface area contributed by atoms with Crippen LogP contribution < -0.4 is 10.7 Å². The molecule has 0 unspecified atom stereocenters. The molecule has 0 bridgehead atoms. The van der Waals surface area contributed by atoms with Gasteiger partial charge in [0, 0.05) is 5.69 Å². The molecule has 1 amide bonds. The number of thiophene rings is 1. The highest BCUT2D eigenvalue weighted by molar-refractivity contribution is 7.12. The lowest BCUT2D eigenvalue weighted by molar-refractivity contribution is 0.103. The summed E-state index contributed by atoms with van der Waals surface area (Å²) in [5.41, 5.74) is 3.46. The standard InChI is InChI=1S/C14H9N5OS/c15-8-12(9-16)19-18-11-4-1-3-10(7-11)17-14(20)13-5-2-6-21-13/h1-7,18H,(H,17,20). The molecular formula is C14H9N5OS. The number of nitrogens with zero attached hydrogens (tertiary/aromatic N) is 3. The van der Waals surface area contributed by atoms with Gasteiger partial charge < -0.3 is 5.32 Å². The molecule has 0 radical (unpaired) electrons. The van der Waals surface area contributed by atoms with Crippen molar-refractivity contribution in [1.29, 1.82) is 10.5 Å². The van der Waals surface area contributed by atoms with Gasteiger partial charge in [0.15, 0.2) is 0 Å². The van der Waals surface area contributed by atoms with Gasteiger partial charge in [0.25, 0.3) is 5.91 Å². The smallest absolute Gasteiger partial charge is 0.265 e. The van der Waals surface area contributed by atoms with Gasteiger partial charge in [-0.2, -0.15) is 15.6 Å². The number of hydrogen-bond donors (Lipinski definition) is 2. The average Bonchev–Trinajstić information content (AvgIpc) is 3.03. The number of benzene rings is 1. The van der Waals surface area contributed by atoms with Crippen LogP contribution in [0.4, 0.5) is 11.4 Å². The van der Waals surface area contributed by atoms with E-state index in [-0.39, 0.29) is 11.6 Å². The van der Waals surface area contributed by atoms with Crippen molar-refractivity contribution in [2.45, 2.75) is 0 Å². The minimum Gasteiger partial charge on any atom is -0.321 e. The summed E-state index contributed by atoms with van der Waals surface area (Å²) < 4.78 is 0. The minimum atomic E-state index is -0.275. The first kappa shape index (κ1) is 14.3. The van der Waals surface area contributed by atoms with Gasteiger partial charge >= 0.3 is 0 Å². The molecule has 0 aliphatic rings. The van der Waals surface area contributed by atoms with Crippen LogP contribution in [-0.4, -0.2) is 11.6 Å². The van der Waals surface area contributed by atoms with E-state index in [2.05, 4.69) is 15.8 Å². The van der Waals surface area contributed by atoms with Crippen molar-refractivity contribution in [1.82, 2.24) is 0 Å². The molecule has 6 nitrogen and oxygen atoms in total. The Bertz CT molecular complexity index is 736. The van der Waals surface area contributed by atoms with Gasteiger partial charge in [-0.25, -0.2) is 0 Å². The fourth-order valence-corrected chi connectivity index (χ4v) is 2.08. The SMILES string of the molecule is N#CC(C#N)=NNc1cccc(NC(=O)c2cccs2)c1. The van der Waals surface area contributed by atoms with Crippen molar-refractivity contribution in [2.24, 2.45) is 5.10 Å². The van der Waals surface area contributed by atoms with Crippen LogP contribution in [0.5, 0.6) is 0 Å². The highest BCUT2D eigenvalue weighted by Gasteiger charge is 2.06. The Kier molecular flexibility index (Phi) is 4.65. The van der Waals surface area contributed by atoms with Gasteiger partial charge in [0.05, 0.1) is 10.6 Å². The Hall–Kier alpha value is -3.16. The maximum atomic E-state index is 11.9. The van der Waals surface area contributed by atoms with E-state index in [1.165, 1.54) is 11.3 Å². The molecule has 0 aliphatic carbocycles. The molecule has 0 saturated carbocycles. The molecule has 1 aromatic carbocycles. The zero-order valence-corrected chi connectivity index (χ0v) is 11.5. The summed E-state index contributed by atoms with van der Waals surface area (Å²) in [6.45, 7) is 0. The molecule has 102 valence electrons. The van der Waals surface area contributed by atoms with Gasteiger partial charge in [-0.15, -0.1) is 11.3 Å². The zero-order valence-electron chi connectivity index (χ0n) is 10.7. The predicted molar refractivity (Wildman–Crippen MR) is 81.0 cm³/mol. The van der Waals surface area contributed by atoms with Gasteiger partial charge in [0.1, 0.15) is 12.1 Å². The van der Waals surface area contributed by atoms with Gasteiger partial charge in [-0.1, -0.05) is 12.1 Å². The molecule has 1 aromatic heterocycles. The fourth-order valence-electron chi connectivity index (χ4n) is 1.46. The molecule has 7 heteroatoms. The number of amides is 1. The van der Waals surface area contributed by atoms with E-state index >= 15 is 0 Å². The maximum Gasteiger partial charge on any atom is 0.265 e. The molecule has 21 heavy (non-hydrogen) atoms. The zero-order chi connectivity index (χ0) is 15.1. The Balaban J connectivity index is 2.08. The second-order valence-corrected chi connectivity index (χ2v) is 4.76. The molecule has 2 rings (SSSR count).